The Morgan fingerprint density at radius 2 is 1.95 bits per heavy atom. The number of amides is 2. The number of hydrogen-bond acceptors (Lipinski definition) is 7. The summed E-state index contributed by atoms with van der Waals surface area (Å²) < 4.78 is 26.7. The molecule has 0 radical (unpaired) electrons. The number of carbonyl (C=O) groups is 2. The van der Waals surface area contributed by atoms with Crippen LogP contribution >= 0.6 is 22.9 Å². The van der Waals surface area contributed by atoms with E-state index in [9.17, 15) is 18.4 Å². The van der Waals surface area contributed by atoms with Crippen molar-refractivity contribution in [2.75, 3.05) is 29.4 Å². The minimum absolute atomic E-state index is 0.129. The van der Waals surface area contributed by atoms with Crippen LogP contribution in [-0.4, -0.2) is 52.7 Å². The molecule has 12 heteroatoms. The monoisotopic (exact) mass is 572 g/mol. The van der Waals surface area contributed by atoms with Crippen LogP contribution in [0.25, 0.3) is 0 Å². The number of aromatic nitrogens is 3. The molecule has 1 N–H and O–H groups in total. The number of carbonyl (C=O) groups excluding carboxylic acids is 2. The molecule has 0 unspecified atom stereocenters. The van der Waals surface area contributed by atoms with E-state index in [0.717, 1.165) is 40.4 Å². The van der Waals surface area contributed by atoms with Gasteiger partial charge in [-0.15, -0.1) is 10.2 Å². The van der Waals surface area contributed by atoms with Gasteiger partial charge in [-0.2, -0.15) is 0 Å². The normalized spacial score (nSPS) is 21.8. The van der Waals surface area contributed by atoms with Crippen molar-refractivity contribution in [3.05, 3.63) is 63.4 Å². The van der Waals surface area contributed by atoms with Crippen molar-refractivity contribution < 1.29 is 18.4 Å². The van der Waals surface area contributed by atoms with Gasteiger partial charge in [-0.05, 0) is 56.2 Å². The average Bonchev–Trinajstić information content (AvgIpc) is 3.43. The fraction of sp³-hybridized carbons (Fsp3) is 0.444. The predicted molar refractivity (Wildman–Crippen MR) is 145 cm³/mol. The summed E-state index contributed by atoms with van der Waals surface area (Å²) in [4.78, 5) is 34.3. The molecule has 39 heavy (non-hydrogen) atoms. The number of alkyl halides is 2. The summed E-state index contributed by atoms with van der Waals surface area (Å²) in [5.41, 5.74) is 0.718. The van der Waals surface area contributed by atoms with Crippen LogP contribution in [0.4, 0.5) is 19.6 Å². The summed E-state index contributed by atoms with van der Waals surface area (Å²) in [5, 5.41) is 13.1. The summed E-state index contributed by atoms with van der Waals surface area (Å²) in [6.45, 7) is 3.71. The van der Waals surface area contributed by atoms with E-state index in [4.69, 9.17) is 11.6 Å². The van der Waals surface area contributed by atoms with E-state index in [-0.39, 0.29) is 28.5 Å². The Morgan fingerprint density at radius 3 is 2.64 bits per heavy atom. The summed E-state index contributed by atoms with van der Waals surface area (Å²) in [6.07, 6.45) is 1.28. The van der Waals surface area contributed by atoms with Gasteiger partial charge in [0, 0.05) is 37.6 Å². The maximum Gasteiger partial charge on any atom is 0.281 e. The van der Waals surface area contributed by atoms with E-state index < -0.39 is 23.4 Å². The first-order valence-corrected chi connectivity index (χ1v) is 14.2. The first-order chi connectivity index (χ1) is 18.7. The van der Waals surface area contributed by atoms with Crippen LogP contribution in [0.5, 0.6) is 0 Å². The standard InChI is InChI=1S/C27H27ClF2N6O2S/c1-15-33-34-26(39-15)35-13-27(14-35)20-4-2-3-5-21(20)36(25(27)38)12-16-6-8-18(9-7-16)32-24(37)19-10-17(28)11-31-22(19)23(29)30/h2-5,10-11,16,18,23H,6-9,12-14H2,1H3,(H,32,37)/t16-,18-. The van der Waals surface area contributed by atoms with Crippen molar-refractivity contribution in [3.8, 4) is 0 Å². The molecule has 2 aliphatic heterocycles. The molecule has 0 bridgehead atoms. The Bertz CT molecular complexity index is 1420. The van der Waals surface area contributed by atoms with E-state index in [1.165, 1.54) is 17.4 Å². The minimum atomic E-state index is -2.87. The molecule has 6 rings (SSSR count). The van der Waals surface area contributed by atoms with E-state index in [0.29, 0.717) is 32.5 Å². The van der Waals surface area contributed by atoms with Gasteiger partial charge in [0.25, 0.3) is 12.3 Å². The summed E-state index contributed by atoms with van der Waals surface area (Å²) in [6, 6.07) is 9.12. The van der Waals surface area contributed by atoms with Crippen LogP contribution in [0.3, 0.4) is 0 Å². The number of nitrogens with one attached hydrogen (secondary N) is 1. The number of hydrogen-bond donors (Lipinski definition) is 1. The number of anilines is 2. The smallest absolute Gasteiger partial charge is 0.281 e. The number of pyridine rings is 1. The predicted octanol–water partition coefficient (Wildman–Crippen LogP) is 4.93. The second kappa shape index (κ2) is 10.1. The lowest BCUT2D eigenvalue weighted by Gasteiger charge is -2.46. The molecule has 3 aromatic rings. The lowest BCUT2D eigenvalue weighted by molar-refractivity contribution is -0.124. The Kier molecular flexibility index (Phi) is 6.74. The molecule has 1 saturated carbocycles. The fourth-order valence-electron chi connectivity index (χ4n) is 6.05. The summed E-state index contributed by atoms with van der Waals surface area (Å²) in [7, 11) is 0. The van der Waals surface area contributed by atoms with Crippen molar-refractivity contribution in [2.45, 2.75) is 50.5 Å². The van der Waals surface area contributed by atoms with Crippen molar-refractivity contribution >= 4 is 45.6 Å². The summed E-state index contributed by atoms with van der Waals surface area (Å²) in [5.74, 6) is -0.184. The first kappa shape index (κ1) is 26.1. The number of fused-ring (bicyclic) bond motifs is 2. The van der Waals surface area contributed by atoms with Crippen molar-refractivity contribution in [3.63, 3.8) is 0 Å². The Hall–Kier alpha value is -3.18. The van der Waals surface area contributed by atoms with Gasteiger partial charge in [0.1, 0.15) is 16.1 Å². The zero-order valence-corrected chi connectivity index (χ0v) is 22.8. The van der Waals surface area contributed by atoms with Gasteiger partial charge in [0.05, 0.1) is 10.6 Å². The van der Waals surface area contributed by atoms with E-state index in [2.05, 4.69) is 31.5 Å². The van der Waals surface area contributed by atoms with Crippen LogP contribution in [0.1, 0.15) is 58.7 Å². The highest BCUT2D eigenvalue weighted by atomic mass is 35.5. The highest BCUT2D eigenvalue weighted by Gasteiger charge is 2.58. The lowest BCUT2D eigenvalue weighted by atomic mass is 9.75. The van der Waals surface area contributed by atoms with Gasteiger partial charge in [0.15, 0.2) is 0 Å². The maximum absolute atomic E-state index is 13.8. The minimum Gasteiger partial charge on any atom is -0.349 e. The third kappa shape index (κ3) is 4.65. The third-order valence-corrected chi connectivity index (χ3v) is 9.14. The van der Waals surface area contributed by atoms with Crippen LogP contribution < -0.4 is 15.1 Å². The molecule has 1 aliphatic carbocycles. The van der Waals surface area contributed by atoms with Gasteiger partial charge in [0.2, 0.25) is 11.0 Å². The largest absolute Gasteiger partial charge is 0.349 e. The van der Waals surface area contributed by atoms with Crippen LogP contribution in [0, 0.1) is 12.8 Å². The lowest BCUT2D eigenvalue weighted by Crippen LogP contribution is -2.64. The second-order valence-electron chi connectivity index (χ2n) is 10.6. The second-order valence-corrected chi connectivity index (χ2v) is 12.1. The molecular weight excluding hydrogens is 546 g/mol. The first-order valence-electron chi connectivity index (χ1n) is 13.0. The van der Waals surface area contributed by atoms with E-state index >= 15 is 0 Å². The van der Waals surface area contributed by atoms with Gasteiger partial charge >= 0.3 is 0 Å². The Balaban J connectivity index is 1.09. The van der Waals surface area contributed by atoms with Gasteiger partial charge in [-0.3, -0.25) is 14.6 Å². The zero-order chi connectivity index (χ0) is 27.3. The highest BCUT2D eigenvalue weighted by molar-refractivity contribution is 7.15. The number of nitrogens with zero attached hydrogens (tertiary/aromatic N) is 5. The molecule has 0 atom stereocenters. The zero-order valence-electron chi connectivity index (χ0n) is 21.2. The molecule has 4 heterocycles. The topological polar surface area (TPSA) is 91.3 Å². The van der Waals surface area contributed by atoms with E-state index in [1.54, 1.807) is 0 Å². The fourth-order valence-corrected chi connectivity index (χ4v) is 6.90. The van der Waals surface area contributed by atoms with Crippen molar-refractivity contribution in [2.24, 2.45) is 5.92 Å². The average molecular weight is 573 g/mol. The van der Waals surface area contributed by atoms with Gasteiger partial charge < -0.3 is 15.1 Å². The molecule has 1 saturated heterocycles. The molecule has 1 spiro atoms. The van der Waals surface area contributed by atoms with Gasteiger partial charge in [-0.1, -0.05) is 41.1 Å². The van der Waals surface area contributed by atoms with Crippen LogP contribution in [0.15, 0.2) is 36.5 Å². The number of para-hydroxylation sites is 1. The SMILES string of the molecule is Cc1nnc(N2CC3(C2)C(=O)N(C[C@H]2CC[C@H](NC(=O)c4cc(Cl)cnc4C(F)F)CC2)c2ccccc23)s1. The molecule has 204 valence electrons. The quantitative estimate of drug-likeness (QED) is 0.451. The number of rotatable bonds is 6. The molecule has 8 nitrogen and oxygen atoms in total. The Morgan fingerprint density at radius 1 is 1.21 bits per heavy atom. The third-order valence-electron chi connectivity index (χ3n) is 8.03. The van der Waals surface area contributed by atoms with E-state index in [1.807, 2.05) is 30.0 Å². The summed E-state index contributed by atoms with van der Waals surface area (Å²) >= 11 is 7.44. The van der Waals surface area contributed by atoms with Crippen molar-refractivity contribution in [1.82, 2.24) is 20.5 Å². The number of aryl methyl sites for hydroxylation is 1. The Labute approximate surface area is 233 Å². The molecule has 1 aromatic carbocycles. The molecule has 2 fully saturated rings. The maximum atomic E-state index is 13.8. The molecule has 3 aliphatic rings. The van der Waals surface area contributed by atoms with Gasteiger partial charge in [-0.25, -0.2) is 8.78 Å². The van der Waals surface area contributed by atoms with Crippen LogP contribution in [-0.2, 0) is 10.2 Å². The van der Waals surface area contributed by atoms with Crippen molar-refractivity contribution in [1.29, 1.82) is 0 Å². The molecular formula is C27H27ClF2N6O2S. The molecule has 2 amide bonds. The molecule has 2 aromatic heterocycles. The highest BCUT2D eigenvalue weighted by Crippen LogP contribution is 2.49. The van der Waals surface area contributed by atoms with Crippen LogP contribution in [0.2, 0.25) is 5.02 Å². The number of halogens is 3. The number of benzene rings is 1.